The molecule has 1 aromatic heterocycles. The Morgan fingerprint density at radius 2 is 2.00 bits per heavy atom. The number of piperidine rings is 1. The maximum atomic E-state index is 13.2. The maximum absolute atomic E-state index is 13.2. The summed E-state index contributed by atoms with van der Waals surface area (Å²) in [5.74, 6) is -1.38. The highest BCUT2D eigenvalue weighted by atomic mass is 19.1. The minimum atomic E-state index is -0.639. The van der Waals surface area contributed by atoms with Crippen molar-refractivity contribution >= 4 is 5.91 Å². The van der Waals surface area contributed by atoms with Gasteiger partial charge in [0.05, 0.1) is 6.04 Å². The van der Waals surface area contributed by atoms with Crippen LogP contribution in [0.15, 0.2) is 42.7 Å². The first-order valence-electron chi connectivity index (χ1n) is 8.47. The molecule has 1 unspecified atom stereocenters. The molecule has 2 aromatic rings. The van der Waals surface area contributed by atoms with Crippen LogP contribution in [-0.2, 0) is 17.9 Å². The standard InChI is InChI=1S/C19H21F2N3O/c20-16-8-15(9-17(21)10-16)12-23-19(25)18-5-1-2-7-24(18)13-14-4-3-6-22-11-14/h3-4,6,8-11,18H,1-2,5,7,12-13H2,(H,23,25). The summed E-state index contributed by atoms with van der Waals surface area (Å²) in [6, 6.07) is 6.93. The van der Waals surface area contributed by atoms with Crippen LogP contribution >= 0.6 is 0 Å². The lowest BCUT2D eigenvalue weighted by atomic mass is 10.0. The second kappa shape index (κ2) is 8.16. The number of carbonyl (C=O) groups excluding carboxylic acids is 1. The van der Waals surface area contributed by atoms with E-state index < -0.39 is 11.6 Å². The highest BCUT2D eigenvalue weighted by Gasteiger charge is 2.28. The van der Waals surface area contributed by atoms with Crippen LogP contribution in [0.4, 0.5) is 8.78 Å². The summed E-state index contributed by atoms with van der Waals surface area (Å²) < 4.78 is 26.5. The molecule has 1 amide bonds. The number of carbonyl (C=O) groups is 1. The van der Waals surface area contributed by atoms with Crippen molar-refractivity contribution in [2.75, 3.05) is 6.54 Å². The Hall–Kier alpha value is -2.34. The fraction of sp³-hybridized carbons (Fsp3) is 0.368. The third-order valence-electron chi connectivity index (χ3n) is 4.41. The van der Waals surface area contributed by atoms with E-state index in [1.54, 1.807) is 12.4 Å². The van der Waals surface area contributed by atoms with Gasteiger partial charge in [0, 0.05) is 31.5 Å². The van der Waals surface area contributed by atoms with E-state index >= 15 is 0 Å². The fourth-order valence-electron chi connectivity index (χ4n) is 3.22. The van der Waals surface area contributed by atoms with Crippen molar-refractivity contribution in [2.45, 2.75) is 38.4 Å². The Labute approximate surface area is 145 Å². The normalized spacial score (nSPS) is 18.1. The zero-order valence-electron chi connectivity index (χ0n) is 13.9. The van der Waals surface area contributed by atoms with Gasteiger partial charge in [0.25, 0.3) is 0 Å². The zero-order valence-corrected chi connectivity index (χ0v) is 13.9. The van der Waals surface area contributed by atoms with Crippen molar-refractivity contribution in [3.63, 3.8) is 0 Å². The summed E-state index contributed by atoms with van der Waals surface area (Å²) in [6.45, 7) is 1.63. The molecule has 1 aliphatic heterocycles. The van der Waals surface area contributed by atoms with E-state index in [2.05, 4.69) is 15.2 Å². The largest absolute Gasteiger partial charge is 0.351 e. The van der Waals surface area contributed by atoms with Crippen LogP contribution < -0.4 is 5.32 Å². The number of amides is 1. The topological polar surface area (TPSA) is 45.2 Å². The Balaban J connectivity index is 1.62. The van der Waals surface area contributed by atoms with Gasteiger partial charge in [0.1, 0.15) is 11.6 Å². The lowest BCUT2D eigenvalue weighted by Crippen LogP contribution is -2.48. The third-order valence-corrected chi connectivity index (χ3v) is 4.41. The Morgan fingerprint density at radius 3 is 2.72 bits per heavy atom. The van der Waals surface area contributed by atoms with Crippen LogP contribution in [0.1, 0.15) is 30.4 Å². The predicted octanol–water partition coefficient (Wildman–Crippen LogP) is 3.03. The van der Waals surface area contributed by atoms with Gasteiger partial charge in [-0.05, 0) is 48.7 Å². The smallest absolute Gasteiger partial charge is 0.237 e. The van der Waals surface area contributed by atoms with Gasteiger partial charge >= 0.3 is 0 Å². The first-order chi connectivity index (χ1) is 12.1. The molecule has 3 rings (SSSR count). The van der Waals surface area contributed by atoms with Crippen molar-refractivity contribution in [2.24, 2.45) is 0 Å². The van der Waals surface area contributed by atoms with Gasteiger partial charge in [-0.15, -0.1) is 0 Å². The molecule has 1 aromatic carbocycles. The van der Waals surface area contributed by atoms with Crippen LogP contribution in [0.2, 0.25) is 0 Å². The minimum Gasteiger partial charge on any atom is -0.351 e. The first kappa shape index (κ1) is 17.5. The summed E-state index contributed by atoms with van der Waals surface area (Å²) in [5, 5.41) is 2.81. The number of hydrogen-bond donors (Lipinski definition) is 1. The summed E-state index contributed by atoms with van der Waals surface area (Å²) in [5.41, 5.74) is 1.48. The number of pyridine rings is 1. The highest BCUT2D eigenvalue weighted by molar-refractivity contribution is 5.81. The molecule has 1 saturated heterocycles. The monoisotopic (exact) mass is 345 g/mol. The van der Waals surface area contributed by atoms with E-state index in [4.69, 9.17) is 0 Å². The molecule has 0 spiro atoms. The SMILES string of the molecule is O=C(NCc1cc(F)cc(F)c1)C1CCCCN1Cc1cccnc1. The molecule has 132 valence electrons. The number of nitrogens with zero attached hydrogens (tertiary/aromatic N) is 2. The van der Waals surface area contributed by atoms with Gasteiger partial charge in [-0.1, -0.05) is 12.5 Å². The average Bonchev–Trinajstić information content (AvgIpc) is 2.60. The molecular formula is C19H21F2N3O. The van der Waals surface area contributed by atoms with Gasteiger partial charge in [-0.2, -0.15) is 0 Å². The van der Waals surface area contributed by atoms with Gasteiger partial charge in [0.15, 0.2) is 0 Å². The minimum absolute atomic E-state index is 0.103. The van der Waals surface area contributed by atoms with Crippen molar-refractivity contribution in [3.05, 3.63) is 65.5 Å². The fourth-order valence-corrected chi connectivity index (χ4v) is 3.22. The summed E-state index contributed by atoms with van der Waals surface area (Å²) in [6.07, 6.45) is 6.36. The molecule has 4 nitrogen and oxygen atoms in total. The molecule has 1 N–H and O–H groups in total. The molecule has 0 radical (unpaired) electrons. The van der Waals surface area contributed by atoms with Gasteiger partial charge in [0.2, 0.25) is 5.91 Å². The van der Waals surface area contributed by atoms with Crippen LogP contribution in [-0.4, -0.2) is 28.4 Å². The first-order valence-corrected chi connectivity index (χ1v) is 8.47. The summed E-state index contributed by atoms with van der Waals surface area (Å²) in [4.78, 5) is 18.8. The van der Waals surface area contributed by atoms with Crippen molar-refractivity contribution in [1.29, 1.82) is 0 Å². The molecule has 0 saturated carbocycles. The molecule has 1 aliphatic rings. The predicted molar refractivity (Wildman–Crippen MR) is 90.5 cm³/mol. The van der Waals surface area contributed by atoms with Crippen molar-refractivity contribution in [3.8, 4) is 0 Å². The van der Waals surface area contributed by atoms with E-state index in [0.717, 1.165) is 37.4 Å². The molecule has 6 heteroatoms. The van der Waals surface area contributed by atoms with Crippen LogP contribution in [0.3, 0.4) is 0 Å². The van der Waals surface area contributed by atoms with E-state index in [-0.39, 0.29) is 18.5 Å². The lowest BCUT2D eigenvalue weighted by Gasteiger charge is -2.34. The third kappa shape index (κ3) is 4.82. The number of rotatable bonds is 5. The lowest BCUT2D eigenvalue weighted by molar-refractivity contribution is -0.128. The van der Waals surface area contributed by atoms with Crippen LogP contribution in [0.5, 0.6) is 0 Å². The Kier molecular flexibility index (Phi) is 5.71. The Morgan fingerprint density at radius 1 is 1.20 bits per heavy atom. The second-order valence-electron chi connectivity index (χ2n) is 6.34. The van der Waals surface area contributed by atoms with Crippen LogP contribution in [0.25, 0.3) is 0 Å². The van der Waals surface area contributed by atoms with Gasteiger partial charge < -0.3 is 5.32 Å². The molecular weight excluding hydrogens is 324 g/mol. The molecule has 25 heavy (non-hydrogen) atoms. The van der Waals surface area contributed by atoms with E-state index in [0.29, 0.717) is 12.1 Å². The highest BCUT2D eigenvalue weighted by Crippen LogP contribution is 2.20. The van der Waals surface area contributed by atoms with Crippen LogP contribution in [0, 0.1) is 11.6 Å². The number of halogens is 2. The van der Waals surface area contributed by atoms with Gasteiger partial charge in [-0.25, -0.2) is 8.78 Å². The number of likely N-dealkylation sites (tertiary alicyclic amines) is 1. The quantitative estimate of drug-likeness (QED) is 0.906. The number of aromatic nitrogens is 1. The number of nitrogens with one attached hydrogen (secondary N) is 1. The number of benzene rings is 1. The summed E-state index contributed by atoms with van der Waals surface area (Å²) >= 11 is 0. The average molecular weight is 345 g/mol. The molecule has 2 heterocycles. The Bertz CT molecular complexity index is 704. The maximum Gasteiger partial charge on any atom is 0.237 e. The molecule has 0 bridgehead atoms. The number of hydrogen-bond acceptors (Lipinski definition) is 3. The van der Waals surface area contributed by atoms with Crippen molar-refractivity contribution < 1.29 is 13.6 Å². The zero-order chi connectivity index (χ0) is 17.6. The van der Waals surface area contributed by atoms with E-state index in [9.17, 15) is 13.6 Å². The second-order valence-corrected chi connectivity index (χ2v) is 6.34. The van der Waals surface area contributed by atoms with E-state index in [1.165, 1.54) is 12.1 Å². The van der Waals surface area contributed by atoms with Gasteiger partial charge in [-0.3, -0.25) is 14.7 Å². The summed E-state index contributed by atoms with van der Waals surface area (Å²) in [7, 11) is 0. The van der Waals surface area contributed by atoms with Crippen molar-refractivity contribution in [1.82, 2.24) is 15.2 Å². The molecule has 0 aliphatic carbocycles. The molecule has 1 atom stereocenters. The van der Waals surface area contributed by atoms with E-state index in [1.807, 2.05) is 12.1 Å². The molecule has 1 fully saturated rings.